The molecular weight excluding hydrogens is 266 g/mol. The van der Waals surface area contributed by atoms with Crippen LogP contribution in [0.1, 0.15) is 49.4 Å². The largest absolute Gasteiger partial charge is 0.483 e. The van der Waals surface area contributed by atoms with Gasteiger partial charge in [0.05, 0.1) is 5.56 Å². The second-order valence-electron chi connectivity index (χ2n) is 5.64. The Morgan fingerprint density at radius 2 is 1.86 bits per heavy atom. The van der Waals surface area contributed by atoms with Crippen molar-refractivity contribution in [2.24, 2.45) is 0 Å². The summed E-state index contributed by atoms with van der Waals surface area (Å²) in [5.41, 5.74) is 0.519. The van der Waals surface area contributed by atoms with Gasteiger partial charge in [-0.15, -0.1) is 0 Å². The van der Waals surface area contributed by atoms with Crippen LogP contribution in [0, 0.1) is 0 Å². The standard InChI is InChI=1S/C17H23NO3/c1-13(19)15-10-6-7-11-16(15)21-12-17(20)18(2)14-8-4-3-5-9-14/h6-7,10-11,14H,3-5,8-9,12H2,1-2H3. The summed E-state index contributed by atoms with van der Waals surface area (Å²) in [5.74, 6) is 0.398. The second kappa shape index (κ2) is 7.25. The van der Waals surface area contributed by atoms with Crippen molar-refractivity contribution in [1.29, 1.82) is 0 Å². The summed E-state index contributed by atoms with van der Waals surface area (Å²) in [6.07, 6.45) is 5.80. The second-order valence-corrected chi connectivity index (χ2v) is 5.64. The molecular formula is C17H23NO3. The highest BCUT2D eigenvalue weighted by Crippen LogP contribution is 2.22. The van der Waals surface area contributed by atoms with Crippen LogP contribution in [0.4, 0.5) is 0 Å². The molecule has 1 amide bonds. The molecule has 0 bridgehead atoms. The summed E-state index contributed by atoms with van der Waals surface area (Å²) >= 11 is 0. The van der Waals surface area contributed by atoms with E-state index in [9.17, 15) is 9.59 Å². The minimum Gasteiger partial charge on any atom is -0.483 e. The van der Waals surface area contributed by atoms with Crippen LogP contribution in [0.2, 0.25) is 0 Å². The Labute approximate surface area is 126 Å². The van der Waals surface area contributed by atoms with Crippen LogP contribution in [0.15, 0.2) is 24.3 Å². The zero-order valence-corrected chi connectivity index (χ0v) is 12.8. The first kappa shape index (κ1) is 15.5. The zero-order valence-electron chi connectivity index (χ0n) is 12.8. The molecule has 1 aliphatic rings. The number of carbonyl (C=O) groups is 2. The molecule has 0 atom stereocenters. The van der Waals surface area contributed by atoms with Crippen LogP contribution >= 0.6 is 0 Å². The third-order valence-corrected chi connectivity index (χ3v) is 4.13. The summed E-state index contributed by atoms with van der Waals surface area (Å²) < 4.78 is 5.56. The van der Waals surface area contributed by atoms with Gasteiger partial charge in [0.15, 0.2) is 12.4 Å². The molecule has 1 aliphatic carbocycles. The van der Waals surface area contributed by atoms with E-state index in [-0.39, 0.29) is 18.3 Å². The maximum absolute atomic E-state index is 12.2. The van der Waals surface area contributed by atoms with Gasteiger partial charge in [0.2, 0.25) is 0 Å². The predicted molar refractivity (Wildman–Crippen MR) is 81.6 cm³/mol. The molecule has 0 spiro atoms. The fourth-order valence-corrected chi connectivity index (χ4v) is 2.80. The Morgan fingerprint density at radius 1 is 1.19 bits per heavy atom. The molecule has 0 radical (unpaired) electrons. The summed E-state index contributed by atoms with van der Waals surface area (Å²) in [5, 5.41) is 0. The molecule has 0 aromatic heterocycles. The Hall–Kier alpha value is -1.84. The van der Waals surface area contributed by atoms with Crippen molar-refractivity contribution in [2.75, 3.05) is 13.7 Å². The molecule has 1 aromatic rings. The molecule has 21 heavy (non-hydrogen) atoms. The summed E-state index contributed by atoms with van der Waals surface area (Å²) in [6, 6.07) is 7.37. The summed E-state index contributed by atoms with van der Waals surface area (Å²) in [4.78, 5) is 25.5. The number of Topliss-reactive ketones (excluding diaryl/α,β-unsaturated/α-hetero) is 1. The first-order chi connectivity index (χ1) is 10.1. The average Bonchev–Trinajstić information content (AvgIpc) is 2.52. The quantitative estimate of drug-likeness (QED) is 0.783. The number of hydrogen-bond acceptors (Lipinski definition) is 3. The van der Waals surface area contributed by atoms with E-state index in [1.165, 1.54) is 26.2 Å². The minimum atomic E-state index is -0.0568. The van der Waals surface area contributed by atoms with E-state index in [1.54, 1.807) is 29.2 Å². The molecule has 0 saturated heterocycles. The lowest BCUT2D eigenvalue weighted by Crippen LogP contribution is -2.40. The molecule has 1 fully saturated rings. The lowest BCUT2D eigenvalue weighted by atomic mass is 9.94. The average molecular weight is 289 g/mol. The molecule has 1 aromatic carbocycles. The molecule has 0 N–H and O–H groups in total. The van der Waals surface area contributed by atoms with Crippen molar-refractivity contribution >= 4 is 11.7 Å². The van der Waals surface area contributed by atoms with Crippen molar-refractivity contribution < 1.29 is 14.3 Å². The molecule has 0 unspecified atom stereocenters. The van der Waals surface area contributed by atoms with Crippen LogP contribution in [-0.4, -0.2) is 36.3 Å². The van der Waals surface area contributed by atoms with E-state index in [2.05, 4.69) is 0 Å². The van der Waals surface area contributed by atoms with Crippen molar-refractivity contribution in [3.63, 3.8) is 0 Å². The monoisotopic (exact) mass is 289 g/mol. The number of benzene rings is 1. The van der Waals surface area contributed by atoms with E-state index in [0.717, 1.165) is 12.8 Å². The molecule has 0 heterocycles. The summed E-state index contributed by atoms with van der Waals surface area (Å²) in [6.45, 7) is 1.48. The van der Waals surface area contributed by atoms with Gasteiger partial charge in [-0.05, 0) is 31.9 Å². The molecule has 114 valence electrons. The molecule has 4 heteroatoms. The van der Waals surface area contributed by atoms with Gasteiger partial charge in [-0.2, -0.15) is 0 Å². The van der Waals surface area contributed by atoms with E-state index >= 15 is 0 Å². The van der Waals surface area contributed by atoms with Crippen LogP contribution in [0.3, 0.4) is 0 Å². The van der Waals surface area contributed by atoms with Gasteiger partial charge in [0, 0.05) is 13.1 Å². The third-order valence-electron chi connectivity index (χ3n) is 4.13. The van der Waals surface area contributed by atoms with Crippen molar-refractivity contribution in [1.82, 2.24) is 4.90 Å². The molecule has 1 saturated carbocycles. The lowest BCUT2D eigenvalue weighted by Gasteiger charge is -2.31. The Bertz CT molecular complexity index is 507. The van der Waals surface area contributed by atoms with Gasteiger partial charge in [-0.25, -0.2) is 0 Å². The Morgan fingerprint density at radius 3 is 2.52 bits per heavy atom. The Kier molecular flexibility index (Phi) is 5.37. The number of likely N-dealkylation sites (N-methyl/N-ethyl adjacent to an activating group) is 1. The van der Waals surface area contributed by atoms with E-state index in [1.807, 2.05) is 7.05 Å². The van der Waals surface area contributed by atoms with Crippen molar-refractivity contribution in [3.8, 4) is 5.75 Å². The number of para-hydroxylation sites is 1. The number of carbonyl (C=O) groups excluding carboxylic acids is 2. The first-order valence-electron chi connectivity index (χ1n) is 7.58. The topological polar surface area (TPSA) is 46.6 Å². The van der Waals surface area contributed by atoms with Crippen LogP contribution < -0.4 is 4.74 Å². The van der Waals surface area contributed by atoms with E-state index in [0.29, 0.717) is 17.4 Å². The van der Waals surface area contributed by atoms with E-state index in [4.69, 9.17) is 4.74 Å². The maximum atomic E-state index is 12.2. The SMILES string of the molecule is CC(=O)c1ccccc1OCC(=O)N(C)C1CCCCC1. The van der Waals surface area contributed by atoms with E-state index < -0.39 is 0 Å². The van der Waals surface area contributed by atoms with Crippen LogP contribution in [0.25, 0.3) is 0 Å². The van der Waals surface area contributed by atoms with Crippen LogP contribution in [0.5, 0.6) is 5.75 Å². The highest BCUT2D eigenvalue weighted by molar-refractivity contribution is 5.96. The van der Waals surface area contributed by atoms with Gasteiger partial charge in [0.25, 0.3) is 5.91 Å². The number of nitrogens with zero attached hydrogens (tertiary/aromatic N) is 1. The van der Waals surface area contributed by atoms with Crippen LogP contribution in [-0.2, 0) is 4.79 Å². The predicted octanol–water partition coefficient (Wildman–Crippen LogP) is 3.06. The number of rotatable bonds is 5. The van der Waals surface area contributed by atoms with Crippen molar-refractivity contribution in [3.05, 3.63) is 29.8 Å². The van der Waals surface area contributed by atoms with Crippen molar-refractivity contribution in [2.45, 2.75) is 45.1 Å². The summed E-state index contributed by atoms with van der Waals surface area (Å²) in [7, 11) is 1.85. The highest BCUT2D eigenvalue weighted by atomic mass is 16.5. The first-order valence-corrected chi connectivity index (χ1v) is 7.58. The highest BCUT2D eigenvalue weighted by Gasteiger charge is 2.22. The van der Waals surface area contributed by atoms with Gasteiger partial charge in [0.1, 0.15) is 5.75 Å². The number of ether oxygens (including phenoxy) is 1. The molecule has 4 nitrogen and oxygen atoms in total. The normalized spacial score (nSPS) is 15.5. The lowest BCUT2D eigenvalue weighted by molar-refractivity contribution is -0.134. The van der Waals surface area contributed by atoms with Gasteiger partial charge in [-0.1, -0.05) is 31.4 Å². The fraction of sp³-hybridized carbons (Fsp3) is 0.529. The van der Waals surface area contributed by atoms with Gasteiger partial charge < -0.3 is 9.64 Å². The third kappa shape index (κ3) is 4.06. The number of ketones is 1. The number of hydrogen-bond donors (Lipinski definition) is 0. The van der Waals surface area contributed by atoms with Gasteiger partial charge in [-0.3, -0.25) is 9.59 Å². The maximum Gasteiger partial charge on any atom is 0.260 e. The number of amides is 1. The minimum absolute atomic E-state index is 0.0166. The van der Waals surface area contributed by atoms with Gasteiger partial charge >= 0.3 is 0 Å². The molecule has 2 rings (SSSR count). The Balaban J connectivity index is 1.93. The smallest absolute Gasteiger partial charge is 0.260 e. The molecule has 0 aliphatic heterocycles. The zero-order chi connectivity index (χ0) is 15.2. The fourth-order valence-electron chi connectivity index (χ4n) is 2.80.